The maximum atomic E-state index is 12.5. The van der Waals surface area contributed by atoms with Gasteiger partial charge in [0, 0.05) is 0 Å². The van der Waals surface area contributed by atoms with Gasteiger partial charge in [0.2, 0.25) is 0 Å². The number of carbonyl (C=O) groups is 3. The van der Waals surface area contributed by atoms with E-state index in [1.54, 1.807) is 19.1 Å². The lowest BCUT2D eigenvalue weighted by Crippen LogP contribution is -2.51. The summed E-state index contributed by atoms with van der Waals surface area (Å²) in [4.78, 5) is 37.4. The largest absolute Gasteiger partial charge is 0.481 e. The van der Waals surface area contributed by atoms with Gasteiger partial charge in [-0.05, 0) is 38.8 Å². The minimum Gasteiger partial charge on any atom is -0.481 e. The summed E-state index contributed by atoms with van der Waals surface area (Å²) in [5.74, 6) is -1.65. The lowest BCUT2D eigenvalue weighted by Gasteiger charge is -2.21. The molecule has 7 nitrogen and oxygen atoms in total. The Balaban J connectivity index is 1.41. The Labute approximate surface area is 145 Å². The Morgan fingerprint density at radius 3 is 2.28 bits per heavy atom. The van der Waals surface area contributed by atoms with Crippen molar-refractivity contribution in [3.63, 3.8) is 0 Å². The van der Waals surface area contributed by atoms with Crippen LogP contribution in [-0.2, 0) is 19.1 Å². The van der Waals surface area contributed by atoms with E-state index in [2.05, 4.69) is 5.43 Å². The van der Waals surface area contributed by atoms with Gasteiger partial charge in [0.25, 0.3) is 17.7 Å². The number of ether oxygens (including phenoxy) is 2. The first-order chi connectivity index (χ1) is 12.0. The zero-order chi connectivity index (χ0) is 17.7. The molecule has 0 aliphatic carbocycles. The van der Waals surface area contributed by atoms with Gasteiger partial charge in [0.15, 0.2) is 6.10 Å². The van der Waals surface area contributed by atoms with Crippen LogP contribution in [0.5, 0.6) is 5.75 Å². The number of rotatable bonds is 4. The van der Waals surface area contributed by atoms with E-state index in [1.807, 2.05) is 19.1 Å². The molecular formula is C18H20N2O5. The Morgan fingerprint density at radius 2 is 1.72 bits per heavy atom. The molecule has 3 aliphatic rings. The number of amides is 3. The van der Waals surface area contributed by atoms with Gasteiger partial charge in [-0.2, -0.15) is 5.01 Å². The summed E-state index contributed by atoms with van der Waals surface area (Å²) in [5, 5.41) is 0.862. The molecule has 0 saturated carbocycles. The van der Waals surface area contributed by atoms with E-state index >= 15 is 0 Å². The maximum Gasteiger partial charge on any atom is 0.279 e. The third-order valence-electron chi connectivity index (χ3n) is 5.21. The zero-order valence-electron chi connectivity index (χ0n) is 14.1. The number of nitrogens with zero attached hydrogens (tertiary/aromatic N) is 1. The van der Waals surface area contributed by atoms with Gasteiger partial charge in [0.1, 0.15) is 5.75 Å². The fourth-order valence-corrected chi connectivity index (χ4v) is 3.90. The van der Waals surface area contributed by atoms with Crippen LogP contribution in [0.15, 0.2) is 24.3 Å². The predicted molar refractivity (Wildman–Crippen MR) is 86.1 cm³/mol. The molecule has 0 spiro atoms. The molecule has 3 heterocycles. The first-order valence-corrected chi connectivity index (χ1v) is 8.53. The number of carbonyl (C=O) groups excluding carboxylic acids is 3. The smallest absolute Gasteiger partial charge is 0.279 e. The number of aryl methyl sites for hydroxylation is 1. The van der Waals surface area contributed by atoms with Gasteiger partial charge >= 0.3 is 0 Å². The number of hydrazine groups is 1. The van der Waals surface area contributed by atoms with Crippen LogP contribution in [-0.4, -0.2) is 41.0 Å². The van der Waals surface area contributed by atoms with Gasteiger partial charge in [-0.1, -0.05) is 17.7 Å². The van der Waals surface area contributed by atoms with Crippen molar-refractivity contribution in [3.8, 4) is 5.75 Å². The summed E-state index contributed by atoms with van der Waals surface area (Å²) in [5.41, 5.74) is 3.51. The SMILES string of the molecule is Cc1ccc(O[C@H](C)C(=O)NN2C(=O)[C@@H]3[C@@H](C2=O)[C@@H]2CC[C@@H]3O2)cc1. The van der Waals surface area contributed by atoms with Crippen LogP contribution in [0.25, 0.3) is 0 Å². The summed E-state index contributed by atoms with van der Waals surface area (Å²) in [6.45, 7) is 3.53. The highest BCUT2D eigenvalue weighted by atomic mass is 16.5. The number of nitrogens with one attached hydrogen (secondary N) is 1. The second-order valence-corrected chi connectivity index (χ2v) is 6.90. The highest BCUT2D eigenvalue weighted by molar-refractivity contribution is 6.07. The van der Waals surface area contributed by atoms with Gasteiger partial charge in [0.05, 0.1) is 24.0 Å². The molecule has 3 aliphatic heterocycles. The van der Waals surface area contributed by atoms with Gasteiger partial charge in [-0.15, -0.1) is 0 Å². The molecule has 3 fully saturated rings. The number of fused-ring (bicyclic) bond motifs is 5. The van der Waals surface area contributed by atoms with Crippen molar-refractivity contribution in [2.75, 3.05) is 0 Å². The molecule has 25 heavy (non-hydrogen) atoms. The fourth-order valence-electron chi connectivity index (χ4n) is 3.90. The van der Waals surface area contributed by atoms with Crippen LogP contribution >= 0.6 is 0 Å². The topological polar surface area (TPSA) is 84.9 Å². The second-order valence-electron chi connectivity index (χ2n) is 6.90. The van der Waals surface area contributed by atoms with E-state index in [-0.39, 0.29) is 24.0 Å². The van der Waals surface area contributed by atoms with Crippen molar-refractivity contribution in [1.82, 2.24) is 10.4 Å². The standard InChI is InChI=1S/C18H20N2O5/c1-9-3-5-11(6-4-9)24-10(2)16(21)19-20-17(22)14-12-7-8-13(25-12)15(14)18(20)23/h3-6,10,12-15H,7-8H2,1-2H3,(H,19,21)/t10-,12+,13+,14+,15+/m1/s1. The van der Waals surface area contributed by atoms with E-state index < -0.39 is 23.8 Å². The Morgan fingerprint density at radius 1 is 1.16 bits per heavy atom. The van der Waals surface area contributed by atoms with Crippen LogP contribution in [0, 0.1) is 18.8 Å². The summed E-state index contributed by atoms with van der Waals surface area (Å²) in [6.07, 6.45) is 0.347. The molecular weight excluding hydrogens is 324 g/mol. The Bertz CT molecular complexity index is 703. The van der Waals surface area contributed by atoms with E-state index in [1.165, 1.54) is 0 Å². The zero-order valence-corrected chi connectivity index (χ0v) is 14.1. The van der Waals surface area contributed by atoms with Crippen LogP contribution in [0.2, 0.25) is 0 Å². The van der Waals surface area contributed by atoms with Crippen molar-refractivity contribution in [2.45, 2.75) is 45.0 Å². The third-order valence-corrected chi connectivity index (χ3v) is 5.21. The van der Waals surface area contributed by atoms with Crippen molar-refractivity contribution >= 4 is 17.7 Å². The summed E-state index contributed by atoms with van der Waals surface area (Å²) in [7, 11) is 0. The van der Waals surface area contributed by atoms with Crippen LogP contribution < -0.4 is 10.2 Å². The van der Waals surface area contributed by atoms with Crippen molar-refractivity contribution in [2.24, 2.45) is 11.8 Å². The third kappa shape index (κ3) is 2.59. The molecule has 4 rings (SSSR count). The Kier molecular flexibility index (Phi) is 3.76. The lowest BCUT2D eigenvalue weighted by atomic mass is 9.81. The molecule has 2 bridgehead atoms. The fraction of sp³-hybridized carbons (Fsp3) is 0.500. The molecule has 1 N–H and O–H groups in total. The average molecular weight is 344 g/mol. The quantitative estimate of drug-likeness (QED) is 0.822. The second kappa shape index (κ2) is 5.84. The van der Waals surface area contributed by atoms with E-state index in [0.29, 0.717) is 5.75 Å². The van der Waals surface area contributed by atoms with E-state index in [9.17, 15) is 14.4 Å². The van der Waals surface area contributed by atoms with Crippen molar-refractivity contribution < 1.29 is 23.9 Å². The first-order valence-electron chi connectivity index (χ1n) is 8.53. The predicted octanol–water partition coefficient (Wildman–Crippen LogP) is 0.956. The molecule has 5 atom stereocenters. The molecule has 0 unspecified atom stereocenters. The number of benzene rings is 1. The van der Waals surface area contributed by atoms with Gasteiger partial charge in [-0.3, -0.25) is 19.8 Å². The minimum absolute atomic E-state index is 0.199. The summed E-state index contributed by atoms with van der Waals surface area (Å²) >= 11 is 0. The van der Waals surface area contributed by atoms with Gasteiger partial charge in [-0.25, -0.2) is 0 Å². The van der Waals surface area contributed by atoms with Crippen LogP contribution in [0.4, 0.5) is 0 Å². The molecule has 1 aromatic carbocycles. The molecule has 3 saturated heterocycles. The molecule has 3 amide bonds. The molecule has 0 radical (unpaired) electrons. The van der Waals surface area contributed by atoms with Crippen LogP contribution in [0.1, 0.15) is 25.3 Å². The molecule has 132 valence electrons. The van der Waals surface area contributed by atoms with Gasteiger partial charge < -0.3 is 9.47 Å². The van der Waals surface area contributed by atoms with Crippen molar-refractivity contribution in [3.05, 3.63) is 29.8 Å². The molecule has 1 aromatic rings. The van der Waals surface area contributed by atoms with Crippen molar-refractivity contribution in [1.29, 1.82) is 0 Å². The van der Waals surface area contributed by atoms with E-state index in [4.69, 9.17) is 9.47 Å². The average Bonchev–Trinajstić information content (AvgIpc) is 3.26. The monoisotopic (exact) mass is 344 g/mol. The van der Waals surface area contributed by atoms with Crippen LogP contribution in [0.3, 0.4) is 0 Å². The summed E-state index contributed by atoms with van der Waals surface area (Å²) < 4.78 is 11.2. The number of hydrogen-bond acceptors (Lipinski definition) is 5. The molecule has 7 heteroatoms. The summed E-state index contributed by atoms with van der Waals surface area (Å²) in [6, 6.07) is 7.30. The lowest BCUT2D eigenvalue weighted by molar-refractivity contribution is -0.153. The highest BCUT2D eigenvalue weighted by Gasteiger charge is 2.63. The first kappa shape index (κ1) is 16.1. The maximum absolute atomic E-state index is 12.5. The highest BCUT2D eigenvalue weighted by Crippen LogP contribution is 2.47. The Hall–Kier alpha value is -2.41. The minimum atomic E-state index is -0.836. The molecule has 0 aromatic heterocycles. The normalized spacial score (nSPS) is 31.2. The number of imide groups is 1. The number of hydrogen-bond donors (Lipinski definition) is 1. The van der Waals surface area contributed by atoms with E-state index in [0.717, 1.165) is 23.4 Å².